The average Bonchev–Trinajstić information content (AvgIpc) is 2.58. The molecule has 12 heavy (non-hydrogen) atoms. The van der Waals surface area contributed by atoms with Gasteiger partial charge in [-0.25, -0.2) is 4.57 Å². The molecule has 0 amide bonds. The number of aromatic nitrogens is 6. The third-order valence-corrected chi connectivity index (χ3v) is 1.60. The minimum absolute atomic E-state index is 0.704. The van der Waals surface area contributed by atoms with Gasteiger partial charge in [0.1, 0.15) is 12.4 Å². The number of tetrazole rings is 1. The predicted octanol–water partition coefficient (Wildman–Crippen LogP) is -1.17. The van der Waals surface area contributed by atoms with Crippen LogP contribution in [0, 0.1) is 0 Å². The van der Waals surface area contributed by atoms with Crippen LogP contribution in [0.15, 0.2) is 18.7 Å². The molecule has 0 fully saturated rings. The third-order valence-electron chi connectivity index (χ3n) is 1.60. The smallest absolute Gasteiger partial charge is 0.239 e. The van der Waals surface area contributed by atoms with Gasteiger partial charge < -0.3 is 0 Å². The highest BCUT2D eigenvalue weighted by Gasteiger charge is 2.10. The van der Waals surface area contributed by atoms with Crippen LogP contribution in [0.3, 0.4) is 0 Å². The first kappa shape index (κ1) is 6.96. The van der Waals surface area contributed by atoms with Gasteiger partial charge in [0.05, 0.1) is 7.05 Å². The number of hydrogen-bond acceptors (Lipinski definition) is 3. The van der Waals surface area contributed by atoms with E-state index in [0.717, 1.165) is 0 Å². The summed E-state index contributed by atoms with van der Waals surface area (Å²) in [6, 6.07) is 0. The maximum atomic E-state index is 3.85. The number of rotatable bonds is 1. The Bertz CT molecular complexity index is 386. The molecule has 0 spiro atoms. The molecule has 6 heteroatoms. The zero-order valence-corrected chi connectivity index (χ0v) is 6.92. The molecule has 0 atom stereocenters. The van der Waals surface area contributed by atoms with Gasteiger partial charge in [-0.3, -0.25) is 0 Å². The molecule has 0 bridgehead atoms. The summed E-state index contributed by atoms with van der Waals surface area (Å²) < 4.78 is 5.38. The summed E-state index contributed by atoms with van der Waals surface area (Å²) in [7, 11) is 3.75. The van der Waals surface area contributed by atoms with E-state index in [1.54, 1.807) is 11.7 Å². The molecule has 2 aromatic heterocycles. The van der Waals surface area contributed by atoms with Crippen molar-refractivity contribution in [2.45, 2.75) is 0 Å². The SMILES string of the molecule is Cn1nnnc1-n1cc[n+](C)c1. The van der Waals surface area contributed by atoms with Crippen LogP contribution < -0.4 is 4.57 Å². The van der Waals surface area contributed by atoms with Gasteiger partial charge in [-0.05, 0) is 10.4 Å². The number of hydrogen-bond donors (Lipinski definition) is 0. The van der Waals surface area contributed by atoms with Crippen molar-refractivity contribution >= 4 is 0 Å². The van der Waals surface area contributed by atoms with Crippen molar-refractivity contribution in [3.8, 4) is 5.95 Å². The molecule has 0 aliphatic carbocycles. The first-order valence-electron chi connectivity index (χ1n) is 3.53. The minimum atomic E-state index is 0.704. The van der Waals surface area contributed by atoms with Gasteiger partial charge in [0, 0.05) is 7.05 Å². The monoisotopic (exact) mass is 165 g/mol. The lowest BCUT2D eigenvalue weighted by molar-refractivity contribution is -0.670. The van der Waals surface area contributed by atoms with Gasteiger partial charge in [0.25, 0.3) is 6.33 Å². The molecule has 0 aliphatic heterocycles. The summed E-state index contributed by atoms with van der Waals surface area (Å²) in [5, 5.41) is 11.1. The molecule has 2 aromatic rings. The van der Waals surface area contributed by atoms with E-state index in [0.29, 0.717) is 5.95 Å². The highest BCUT2D eigenvalue weighted by atomic mass is 15.6. The van der Waals surface area contributed by atoms with Crippen LogP contribution in [0.25, 0.3) is 5.95 Å². The summed E-state index contributed by atoms with van der Waals surface area (Å²) in [6.07, 6.45) is 5.71. The molecule has 0 unspecified atom stereocenters. The second kappa shape index (κ2) is 2.40. The van der Waals surface area contributed by atoms with Gasteiger partial charge in [-0.1, -0.05) is 5.10 Å². The van der Waals surface area contributed by atoms with Crippen molar-refractivity contribution in [3.63, 3.8) is 0 Å². The van der Waals surface area contributed by atoms with Gasteiger partial charge in [0.2, 0.25) is 0 Å². The fourth-order valence-electron chi connectivity index (χ4n) is 1.01. The van der Waals surface area contributed by atoms with Crippen LogP contribution in [0.4, 0.5) is 0 Å². The molecule has 0 saturated heterocycles. The molecule has 6 nitrogen and oxygen atoms in total. The molecule has 0 saturated carbocycles. The quantitative estimate of drug-likeness (QED) is 0.500. The zero-order chi connectivity index (χ0) is 8.55. The lowest BCUT2D eigenvalue weighted by Gasteiger charge is -1.89. The number of nitrogens with zero attached hydrogens (tertiary/aromatic N) is 6. The van der Waals surface area contributed by atoms with Gasteiger partial charge in [-0.2, -0.15) is 9.25 Å². The third kappa shape index (κ3) is 0.969. The molecule has 0 N–H and O–H groups in total. The van der Waals surface area contributed by atoms with E-state index < -0.39 is 0 Å². The first-order valence-corrected chi connectivity index (χ1v) is 3.53. The molecule has 0 aliphatic rings. The van der Waals surface area contributed by atoms with Crippen LogP contribution in [-0.4, -0.2) is 24.8 Å². The summed E-state index contributed by atoms with van der Waals surface area (Å²) in [4.78, 5) is 0. The Morgan fingerprint density at radius 1 is 1.50 bits per heavy atom. The van der Waals surface area contributed by atoms with Crippen molar-refractivity contribution in [2.24, 2.45) is 14.1 Å². The van der Waals surface area contributed by atoms with E-state index >= 15 is 0 Å². The molecule has 62 valence electrons. The second-order valence-corrected chi connectivity index (χ2v) is 2.59. The Morgan fingerprint density at radius 2 is 2.33 bits per heavy atom. The standard InChI is InChI=1S/C6H9N6/c1-10-3-4-12(5-10)6-7-8-9-11(6)2/h3-5H,1-2H3/q+1. The summed E-state index contributed by atoms with van der Waals surface area (Å²) in [5.74, 6) is 0.704. The van der Waals surface area contributed by atoms with E-state index in [1.165, 1.54) is 0 Å². The highest BCUT2D eigenvalue weighted by Crippen LogP contribution is 1.95. The van der Waals surface area contributed by atoms with Gasteiger partial charge >= 0.3 is 5.95 Å². The van der Waals surface area contributed by atoms with Crippen molar-refractivity contribution in [1.29, 1.82) is 0 Å². The predicted molar refractivity (Wildman–Crippen MR) is 39.3 cm³/mol. The van der Waals surface area contributed by atoms with Crippen molar-refractivity contribution in [1.82, 2.24) is 24.8 Å². The van der Waals surface area contributed by atoms with Gasteiger partial charge in [-0.15, -0.1) is 0 Å². The van der Waals surface area contributed by atoms with E-state index in [1.807, 2.05) is 34.9 Å². The van der Waals surface area contributed by atoms with E-state index in [9.17, 15) is 0 Å². The highest BCUT2D eigenvalue weighted by molar-refractivity contribution is 5.04. The summed E-state index contributed by atoms with van der Waals surface area (Å²) in [5.41, 5.74) is 0. The average molecular weight is 165 g/mol. The van der Waals surface area contributed by atoms with Gasteiger partial charge in [0.15, 0.2) is 0 Å². The molecule has 2 rings (SSSR count). The Morgan fingerprint density at radius 3 is 2.83 bits per heavy atom. The van der Waals surface area contributed by atoms with Crippen molar-refractivity contribution < 1.29 is 4.57 Å². The molecule has 0 radical (unpaired) electrons. The lowest BCUT2D eigenvalue weighted by Crippen LogP contribution is -2.23. The van der Waals surface area contributed by atoms with E-state index in [-0.39, 0.29) is 0 Å². The van der Waals surface area contributed by atoms with Crippen molar-refractivity contribution in [3.05, 3.63) is 18.7 Å². The maximum Gasteiger partial charge on any atom is 0.344 e. The summed E-state index contributed by atoms with van der Waals surface area (Å²) >= 11 is 0. The number of aryl methyl sites for hydroxylation is 2. The van der Waals surface area contributed by atoms with Crippen LogP contribution in [0.5, 0.6) is 0 Å². The molecule has 0 aromatic carbocycles. The molecular formula is C6H9N6+. The van der Waals surface area contributed by atoms with Crippen molar-refractivity contribution in [2.75, 3.05) is 0 Å². The fourth-order valence-corrected chi connectivity index (χ4v) is 1.01. The minimum Gasteiger partial charge on any atom is -0.239 e. The summed E-state index contributed by atoms with van der Waals surface area (Å²) in [6.45, 7) is 0. The molecule has 2 heterocycles. The Labute approximate surface area is 69.1 Å². The van der Waals surface area contributed by atoms with Crippen LogP contribution in [0.2, 0.25) is 0 Å². The molecular weight excluding hydrogens is 156 g/mol. The van der Waals surface area contributed by atoms with Crippen LogP contribution in [-0.2, 0) is 14.1 Å². The van der Waals surface area contributed by atoms with Crippen LogP contribution in [0.1, 0.15) is 0 Å². The topological polar surface area (TPSA) is 52.4 Å². The largest absolute Gasteiger partial charge is 0.344 e. The normalized spacial score (nSPS) is 10.5. The Hall–Kier alpha value is -1.72. The maximum absolute atomic E-state index is 3.85. The lowest BCUT2D eigenvalue weighted by atomic mass is 10.8. The first-order chi connectivity index (χ1) is 5.77. The Balaban J connectivity index is 2.50. The second-order valence-electron chi connectivity index (χ2n) is 2.59. The number of imidazole rings is 1. The Kier molecular flexibility index (Phi) is 1.39. The fraction of sp³-hybridized carbons (Fsp3) is 0.333. The van der Waals surface area contributed by atoms with Crippen LogP contribution >= 0.6 is 0 Å². The van der Waals surface area contributed by atoms with E-state index in [4.69, 9.17) is 0 Å². The zero-order valence-electron chi connectivity index (χ0n) is 6.92. The van der Waals surface area contributed by atoms with E-state index in [2.05, 4.69) is 15.5 Å².